The average molecular weight is 326 g/mol. The Kier molecular flexibility index (Phi) is 31.9. The van der Waals surface area contributed by atoms with Crippen LogP contribution in [0.2, 0.25) is 0 Å². The molecule has 0 aliphatic rings. The molecule has 0 aliphatic heterocycles. The van der Waals surface area contributed by atoms with Gasteiger partial charge in [-0.2, -0.15) is 8.42 Å². The first-order valence-corrected chi connectivity index (χ1v) is 8.12. The van der Waals surface area contributed by atoms with Crippen LogP contribution < -0.4 is 29.6 Å². The standard InChI is InChI=1S/C12H26O.Na.H2O4S.H2O.H/c1-2-3-4-5-6-7-8-9-10-11-12-13;;1-5(2,3)4;;/h13H,2-12H2,1H3;;(H2,1,2,3,4);1H2;/q;+1;;;-1. The van der Waals surface area contributed by atoms with Crippen molar-refractivity contribution in [1.29, 1.82) is 0 Å². The number of hydrogen-bond donors (Lipinski definition) is 3. The Balaban J connectivity index is -0.0000000933. The Hall–Kier alpha value is 0.790. The van der Waals surface area contributed by atoms with Crippen LogP contribution in [0.3, 0.4) is 0 Å². The molecule has 122 valence electrons. The molecular formula is C12H31NaO6S. The van der Waals surface area contributed by atoms with Gasteiger partial charge in [-0.1, -0.05) is 64.7 Å². The molecule has 0 heterocycles. The van der Waals surface area contributed by atoms with E-state index in [1.54, 1.807) is 0 Å². The molecule has 0 atom stereocenters. The number of rotatable bonds is 10. The van der Waals surface area contributed by atoms with E-state index in [4.69, 9.17) is 22.6 Å². The molecule has 0 amide bonds. The Morgan fingerprint density at radius 2 is 1.05 bits per heavy atom. The maximum Gasteiger partial charge on any atom is 1.00 e. The van der Waals surface area contributed by atoms with E-state index in [2.05, 4.69) is 6.92 Å². The molecule has 0 spiro atoms. The van der Waals surface area contributed by atoms with E-state index in [0.29, 0.717) is 6.61 Å². The largest absolute Gasteiger partial charge is 1.00 e. The zero-order valence-electron chi connectivity index (χ0n) is 13.8. The summed E-state index contributed by atoms with van der Waals surface area (Å²) in [5.74, 6) is 0. The van der Waals surface area contributed by atoms with Gasteiger partial charge in [-0.3, -0.25) is 9.11 Å². The first-order chi connectivity index (χ1) is 8.41. The molecule has 0 aromatic rings. The van der Waals surface area contributed by atoms with Crippen LogP contribution in [0, 0.1) is 0 Å². The number of hydrogen-bond acceptors (Lipinski definition) is 3. The SMILES string of the molecule is CCCCCCCCCCCCO.O.O=S(=O)(O)O.[H-].[Na+]. The minimum Gasteiger partial charge on any atom is -1.00 e. The third-order valence-electron chi connectivity index (χ3n) is 2.51. The molecule has 20 heavy (non-hydrogen) atoms. The summed E-state index contributed by atoms with van der Waals surface area (Å²) in [5, 5.41) is 8.57. The minimum atomic E-state index is -4.67. The van der Waals surface area contributed by atoms with Gasteiger partial charge >= 0.3 is 40.0 Å². The van der Waals surface area contributed by atoms with E-state index in [0.717, 1.165) is 6.42 Å². The molecule has 6 nitrogen and oxygen atoms in total. The van der Waals surface area contributed by atoms with Crippen molar-refractivity contribution in [1.82, 2.24) is 0 Å². The Morgan fingerprint density at radius 3 is 1.30 bits per heavy atom. The Labute approximate surface area is 147 Å². The van der Waals surface area contributed by atoms with E-state index < -0.39 is 10.4 Å². The molecule has 0 bridgehead atoms. The summed E-state index contributed by atoms with van der Waals surface area (Å²) >= 11 is 0. The first-order valence-electron chi connectivity index (χ1n) is 6.72. The van der Waals surface area contributed by atoms with Crippen molar-refractivity contribution < 1.29 is 59.1 Å². The topological polar surface area (TPSA) is 126 Å². The summed E-state index contributed by atoms with van der Waals surface area (Å²) in [6.45, 7) is 2.63. The zero-order valence-corrected chi connectivity index (χ0v) is 15.7. The fraction of sp³-hybridized carbons (Fsp3) is 1.00. The van der Waals surface area contributed by atoms with Crippen molar-refractivity contribution in [3.05, 3.63) is 0 Å². The zero-order chi connectivity index (χ0) is 14.3. The van der Waals surface area contributed by atoms with Gasteiger partial charge < -0.3 is 12.0 Å². The van der Waals surface area contributed by atoms with Gasteiger partial charge in [-0.25, -0.2) is 0 Å². The fourth-order valence-corrected chi connectivity index (χ4v) is 1.60. The van der Waals surface area contributed by atoms with Gasteiger partial charge in [-0.05, 0) is 6.42 Å². The third-order valence-corrected chi connectivity index (χ3v) is 2.51. The van der Waals surface area contributed by atoms with Crippen molar-refractivity contribution in [2.24, 2.45) is 0 Å². The summed E-state index contributed by atoms with van der Waals surface area (Å²) in [7, 11) is -4.67. The van der Waals surface area contributed by atoms with E-state index >= 15 is 0 Å². The van der Waals surface area contributed by atoms with Crippen LogP contribution >= 0.6 is 0 Å². The molecule has 8 heteroatoms. The van der Waals surface area contributed by atoms with Gasteiger partial charge in [0.05, 0.1) is 0 Å². The number of aliphatic hydroxyl groups is 1. The van der Waals surface area contributed by atoms with Crippen LogP contribution in [0.5, 0.6) is 0 Å². The molecule has 0 aliphatic carbocycles. The van der Waals surface area contributed by atoms with Crippen LogP contribution in [-0.2, 0) is 10.4 Å². The molecule has 5 N–H and O–H groups in total. The van der Waals surface area contributed by atoms with Gasteiger partial charge in [0.2, 0.25) is 0 Å². The quantitative estimate of drug-likeness (QED) is 0.284. The van der Waals surface area contributed by atoms with Crippen molar-refractivity contribution in [2.75, 3.05) is 6.61 Å². The summed E-state index contributed by atoms with van der Waals surface area (Å²) in [4.78, 5) is 0. The Bertz CT molecular complexity index is 234. The number of unbranched alkanes of at least 4 members (excludes halogenated alkanes) is 9. The van der Waals surface area contributed by atoms with E-state index in [1.165, 1.54) is 57.8 Å². The second-order valence-electron chi connectivity index (χ2n) is 4.35. The first kappa shape index (κ1) is 28.9. The van der Waals surface area contributed by atoms with Gasteiger partial charge in [-0.15, -0.1) is 0 Å². The predicted octanol–water partition coefficient (Wildman–Crippen LogP) is -0.461. The van der Waals surface area contributed by atoms with Crippen molar-refractivity contribution in [3.8, 4) is 0 Å². The van der Waals surface area contributed by atoms with Gasteiger partial charge in [0, 0.05) is 6.61 Å². The molecule has 0 unspecified atom stereocenters. The van der Waals surface area contributed by atoms with Crippen LogP contribution in [0.1, 0.15) is 72.6 Å². The Morgan fingerprint density at radius 1 is 0.800 bits per heavy atom. The monoisotopic (exact) mass is 326 g/mol. The van der Waals surface area contributed by atoms with E-state index in [1.807, 2.05) is 0 Å². The molecular weight excluding hydrogens is 295 g/mol. The van der Waals surface area contributed by atoms with Crippen LogP contribution in [-0.4, -0.2) is 34.7 Å². The van der Waals surface area contributed by atoms with E-state index in [-0.39, 0.29) is 36.5 Å². The van der Waals surface area contributed by atoms with Crippen molar-refractivity contribution >= 4 is 10.4 Å². The molecule has 0 rings (SSSR count). The second kappa shape index (κ2) is 22.1. The molecule has 0 radical (unpaired) electrons. The minimum absolute atomic E-state index is 0. The summed E-state index contributed by atoms with van der Waals surface area (Å²) in [6.07, 6.45) is 13.3. The molecule has 0 aromatic heterocycles. The average Bonchev–Trinajstić information content (AvgIpc) is 2.25. The summed E-state index contributed by atoms with van der Waals surface area (Å²) in [6, 6.07) is 0. The second-order valence-corrected chi connectivity index (χ2v) is 5.25. The molecule has 0 saturated heterocycles. The summed E-state index contributed by atoms with van der Waals surface area (Å²) in [5.41, 5.74) is 0. The molecule has 0 fully saturated rings. The van der Waals surface area contributed by atoms with Crippen LogP contribution in [0.25, 0.3) is 0 Å². The normalized spacial score (nSPS) is 9.80. The van der Waals surface area contributed by atoms with Crippen LogP contribution in [0.4, 0.5) is 0 Å². The van der Waals surface area contributed by atoms with E-state index in [9.17, 15) is 0 Å². The summed E-state index contributed by atoms with van der Waals surface area (Å²) < 4.78 is 31.6. The van der Waals surface area contributed by atoms with Crippen LogP contribution in [0.15, 0.2) is 0 Å². The van der Waals surface area contributed by atoms with Crippen molar-refractivity contribution in [3.63, 3.8) is 0 Å². The predicted molar refractivity (Wildman–Crippen MR) is 77.8 cm³/mol. The molecule has 0 aromatic carbocycles. The maximum absolute atomic E-state index is 8.74. The third kappa shape index (κ3) is 51.1. The fourth-order valence-electron chi connectivity index (χ4n) is 1.60. The molecule has 0 saturated carbocycles. The number of aliphatic hydroxyl groups excluding tert-OH is 1. The van der Waals surface area contributed by atoms with Gasteiger partial charge in [0.15, 0.2) is 0 Å². The van der Waals surface area contributed by atoms with Gasteiger partial charge in [0.25, 0.3) is 0 Å². The smallest absolute Gasteiger partial charge is 1.00 e. The van der Waals surface area contributed by atoms with Gasteiger partial charge in [0.1, 0.15) is 0 Å². The van der Waals surface area contributed by atoms with Crippen molar-refractivity contribution in [2.45, 2.75) is 71.1 Å². The maximum atomic E-state index is 8.74.